The highest BCUT2D eigenvalue weighted by atomic mass is 35.5. The second-order valence-corrected chi connectivity index (χ2v) is 9.23. The molecule has 170 valence electrons. The summed E-state index contributed by atoms with van der Waals surface area (Å²) in [7, 11) is 0. The van der Waals surface area contributed by atoms with Gasteiger partial charge in [-0.05, 0) is 24.3 Å². The van der Waals surface area contributed by atoms with Crippen LogP contribution in [0.25, 0.3) is 16.3 Å². The molecular weight excluding hydrogens is 462 g/mol. The van der Waals surface area contributed by atoms with Crippen molar-refractivity contribution in [3.8, 4) is 11.3 Å². The summed E-state index contributed by atoms with van der Waals surface area (Å²) in [4.78, 5) is 38.5. The van der Waals surface area contributed by atoms with Crippen LogP contribution in [-0.2, 0) is 17.8 Å². The van der Waals surface area contributed by atoms with E-state index in [0.29, 0.717) is 54.1 Å². The predicted molar refractivity (Wildman–Crippen MR) is 126 cm³/mol. The van der Waals surface area contributed by atoms with Gasteiger partial charge in [-0.25, -0.2) is 9.97 Å². The van der Waals surface area contributed by atoms with Crippen molar-refractivity contribution in [1.82, 2.24) is 24.2 Å². The van der Waals surface area contributed by atoms with Crippen molar-refractivity contribution in [1.29, 1.82) is 0 Å². The number of thiazole rings is 1. The molecule has 10 heteroatoms. The smallest absolute Gasteiger partial charge is 0.258 e. The molecule has 0 aliphatic carbocycles. The zero-order valence-corrected chi connectivity index (χ0v) is 19.4. The van der Waals surface area contributed by atoms with Crippen LogP contribution in [0.1, 0.15) is 18.0 Å². The lowest BCUT2D eigenvalue weighted by Gasteiger charge is -2.34. The molecule has 1 amide bonds. The van der Waals surface area contributed by atoms with Crippen molar-refractivity contribution in [2.45, 2.75) is 19.4 Å². The maximum Gasteiger partial charge on any atom is 0.258 e. The van der Waals surface area contributed by atoms with Gasteiger partial charge in [0.25, 0.3) is 5.56 Å². The zero-order valence-electron chi connectivity index (χ0n) is 17.8. The number of nitrogens with zero attached hydrogens (tertiary/aromatic N) is 5. The molecule has 0 N–H and O–H groups in total. The molecule has 3 aromatic heterocycles. The maximum absolute atomic E-state index is 12.7. The van der Waals surface area contributed by atoms with E-state index in [2.05, 4.69) is 14.9 Å². The first-order valence-corrected chi connectivity index (χ1v) is 12.0. The Kier molecular flexibility index (Phi) is 6.26. The maximum atomic E-state index is 12.7. The van der Waals surface area contributed by atoms with Crippen LogP contribution >= 0.6 is 22.9 Å². The first kappa shape index (κ1) is 21.8. The second-order valence-electron chi connectivity index (χ2n) is 7.92. The molecule has 0 unspecified atom stereocenters. The highest BCUT2D eigenvalue weighted by Gasteiger charge is 2.22. The number of benzene rings is 1. The van der Waals surface area contributed by atoms with Crippen LogP contribution in [0.4, 0.5) is 0 Å². The normalized spacial score (nSPS) is 14.8. The molecule has 1 fully saturated rings. The minimum atomic E-state index is -0.0594. The topological polar surface area (TPSA) is 84.0 Å². The lowest BCUT2D eigenvalue weighted by atomic mass is 10.2. The van der Waals surface area contributed by atoms with Gasteiger partial charge < -0.3 is 9.32 Å². The highest BCUT2D eigenvalue weighted by Crippen LogP contribution is 2.23. The number of fused-ring (bicyclic) bond motifs is 1. The number of aromatic nitrogens is 3. The van der Waals surface area contributed by atoms with Gasteiger partial charge in [0, 0.05) is 73.8 Å². The zero-order chi connectivity index (χ0) is 22.8. The SMILES string of the molecule is O=C(CCc1ncc(-c2ccc(Cl)cc2)o1)N1CCN(Cc2cc(=O)n3ccsc3n2)CC1. The molecular formula is C23H22ClN5O3S. The van der Waals surface area contributed by atoms with E-state index in [9.17, 15) is 9.59 Å². The monoisotopic (exact) mass is 483 g/mol. The van der Waals surface area contributed by atoms with Crippen LogP contribution in [-0.4, -0.2) is 56.3 Å². The van der Waals surface area contributed by atoms with Crippen molar-refractivity contribution in [3.05, 3.63) is 75.1 Å². The van der Waals surface area contributed by atoms with Gasteiger partial charge in [0.05, 0.1) is 11.9 Å². The van der Waals surface area contributed by atoms with Gasteiger partial charge in [0.15, 0.2) is 16.6 Å². The number of aryl methyl sites for hydroxylation is 1. The van der Waals surface area contributed by atoms with E-state index in [1.807, 2.05) is 22.4 Å². The first-order valence-electron chi connectivity index (χ1n) is 10.7. The number of halogens is 1. The minimum Gasteiger partial charge on any atom is -0.441 e. The van der Waals surface area contributed by atoms with E-state index >= 15 is 0 Å². The molecule has 1 saturated heterocycles. The molecule has 4 heterocycles. The summed E-state index contributed by atoms with van der Waals surface area (Å²) in [6, 6.07) is 8.95. The van der Waals surface area contributed by atoms with Gasteiger partial charge in [-0.3, -0.25) is 18.9 Å². The first-order chi connectivity index (χ1) is 16.0. The Hall–Kier alpha value is -3.01. The van der Waals surface area contributed by atoms with Crippen LogP contribution in [0.5, 0.6) is 0 Å². The molecule has 0 radical (unpaired) electrons. The summed E-state index contributed by atoms with van der Waals surface area (Å²) >= 11 is 7.38. The van der Waals surface area contributed by atoms with E-state index in [4.69, 9.17) is 16.0 Å². The van der Waals surface area contributed by atoms with Gasteiger partial charge in [-0.15, -0.1) is 11.3 Å². The Morgan fingerprint density at radius 2 is 1.94 bits per heavy atom. The third-order valence-corrected chi connectivity index (χ3v) is 6.71. The summed E-state index contributed by atoms with van der Waals surface area (Å²) in [5, 5.41) is 2.52. The number of carbonyl (C=O) groups excluding carboxylic acids is 1. The number of carbonyl (C=O) groups is 1. The highest BCUT2D eigenvalue weighted by molar-refractivity contribution is 7.15. The summed E-state index contributed by atoms with van der Waals surface area (Å²) in [6.07, 6.45) is 4.23. The van der Waals surface area contributed by atoms with Crippen LogP contribution in [0.3, 0.4) is 0 Å². The Labute approximate surface area is 199 Å². The van der Waals surface area contributed by atoms with Gasteiger partial charge in [-0.1, -0.05) is 11.6 Å². The summed E-state index contributed by atoms with van der Waals surface area (Å²) in [6.45, 7) is 3.41. The Balaban J connectivity index is 1.11. The van der Waals surface area contributed by atoms with E-state index in [1.54, 1.807) is 35.0 Å². The lowest BCUT2D eigenvalue weighted by Crippen LogP contribution is -2.48. The standard InChI is InChI=1S/C23H22ClN5O3S/c24-17-3-1-16(2-4-17)19-14-25-20(32-19)5-6-21(30)28-9-7-27(8-10-28)15-18-13-22(31)29-11-12-33-23(29)26-18/h1-4,11-14H,5-10,15H2. The number of hydrogen-bond acceptors (Lipinski definition) is 7. The average molecular weight is 484 g/mol. The fourth-order valence-corrected chi connectivity index (χ4v) is 4.76. The summed E-state index contributed by atoms with van der Waals surface area (Å²) in [5.41, 5.74) is 1.61. The number of rotatable bonds is 6. The molecule has 0 saturated carbocycles. The van der Waals surface area contributed by atoms with Crippen molar-refractivity contribution in [2.75, 3.05) is 26.2 Å². The largest absolute Gasteiger partial charge is 0.441 e. The van der Waals surface area contributed by atoms with E-state index in [0.717, 1.165) is 24.3 Å². The van der Waals surface area contributed by atoms with Crippen molar-refractivity contribution < 1.29 is 9.21 Å². The van der Waals surface area contributed by atoms with Crippen LogP contribution < -0.4 is 5.56 Å². The number of oxazole rings is 1. The third-order valence-electron chi connectivity index (χ3n) is 5.70. The van der Waals surface area contributed by atoms with E-state index in [-0.39, 0.29) is 11.5 Å². The lowest BCUT2D eigenvalue weighted by molar-refractivity contribution is -0.133. The van der Waals surface area contributed by atoms with Gasteiger partial charge in [0.1, 0.15) is 0 Å². The molecule has 0 atom stereocenters. The molecule has 1 aliphatic heterocycles. The van der Waals surface area contributed by atoms with Crippen LogP contribution in [0, 0.1) is 0 Å². The number of amides is 1. The minimum absolute atomic E-state index is 0.0594. The van der Waals surface area contributed by atoms with Gasteiger partial charge >= 0.3 is 0 Å². The quantitative estimate of drug-likeness (QED) is 0.418. The molecule has 1 aliphatic rings. The molecule has 0 bridgehead atoms. The van der Waals surface area contributed by atoms with Gasteiger partial charge in [0.2, 0.25) is 5.91 Å². The van der Waals surface area contributed by atoms with Crippen LogP contribution in [0.15, 0.2) is 57.3 Å². The molecule has 33 heavy (non-hydrogen) atoms. The summed E-state index contributed by atoms with van der Waals surface area (Å²) < 4.78 is 7.35. The average Bonchev–Trinajstić information content (AvgIpc) is 3.48. The molecule has 8 nitrogen and oxygen atoms in total. The number of hydrogen-bond donors (Lipinski definition) is 0. The second kappa shape index (κ2) is 9.46. The fourth-order valence-electron chi connectivity index (χ4n) is 3.90. The fraction of sp³-hybridized carbons (Fsp3) is 0.304. The Morgan fingerprint density at radius 1 is 1.15 bits per heavy atom. The van der Waals surface area contributed by atoms with Crippen molar-refractivity contribution in [2.24, 2.45) is 0 Å². The molecule has 0 spiro atoms. The van der Waals surface area contributed by atoms with Gasteiger partial charge in [-0.2, -0.15) is 0 Å². The third kappa shape index (κ3) is 5.00. The van der Waals surface area contributed by atoms with E-state index < -0.39 is 0 Å². The predicted octanol–water partition coefficient (Wildman–Crippen LogP) is 3.34. The van der Waals surface area contributed by atoms with Crippen LogP contribution in [0.2, 0.25) is 5.02 Å². The van der Waals surface area contributed by atoms with Crippen molar-refractivity contribution >= 4 is 33.8 Å². The molecule has 4 aromatic rings. The summed E-state index contributed by atoms with van der Waals surface area (Å²) in [5.74, 6) is 1.31. The molecule has 1 aromatic carbocycles. The number of piperazine rings is 1. The molecule has 5 rings (SSSR count). The van der Waals surface area contributed by atoms with Crippen molar-refractivity contribution in [3.63, 3.8) is 0 Å². The Bertz CT molecular complexity index is 1320. The Morgan fingerprint density at radius 3 is 2.73 bits per heavy atom. The van der Waals surface area contributed by atoms with E-state index in [1.165, 1.54) is 11.3 Å².